The van der Waals surface area contributed by atoms with Crippen LogP contribution < -0.4 is 0 Å². The van der Waals surface area contributed by atoms with Crippen LogP contribution in [0.15, 0.2) is 0 Å². The van der Waals surface area contributed by atoms with Gasteiger partial charge in [0.15, 0.2) is 0 Å². The fraction of sp³-hybridized carbons (Fsp3) is 0.889. The second-order valence-corrected chi connectivity index (χ2v) is 7.98. The van der Waals surface area contributed by atoms with Gasteiger partial charge in [0.1, 0.15) is 0 Å². The second-order valence-electron chi connectivity index (χ2n) is 5.92. The standard InChI is InChI=1S/2C9H19NS2.Co/c2*1-3-5-7-10(9(11)12)8-6-4-2;/h2*3-8H2,1-2H3,(H,11,12);/q;;+2/p-2. The molecule has 7 heteroatoms. The minimum atomic E-state index is 0. The van der Waals surface area contributed by atoms with Crippen molar-refractivity contribution < 1.29 is 16.8 Å². The maximum absolute atomic E-state index is 4.98. The molecule has 0 aromatic rings. The van der Waals surface area contributed by atoms with Crippen LogP contribution in [0.25, 0.3) is 0 Å². The topological polar surface area (TPSA) is 6.48 Å². The summed E-state index contributed by atoms with van der Waals surface area (Å²) in [6, 6.07) is 0. The molecular weight excluding hydrogens is 431 g/mol. The predicted molar refractivity (Wildman–Crippen MR) is 123 cm³/mol. The molecule has 0 aliphatic rings. The summed E-state index contributed by atoms with van der Waals surface area (Å²) in [7, 11) is 0. The molecule has 0 saturated carbocycles. The molecule has 0 rings (SSSR count). The van der Waals surface area contributed by atoms with Gasteiger partial charge in [0.2, 0.25) is 0 Å². The zero-order valence-corrected chi connectivity index (χ0v) is 20.7. The van der Waals surface area contributed by atoms with Crippen LogP contribution in [0.5, 0.6) is 0 Å². The molecule has 0 fully saturated rings. The molecular formula is C18H36CoN2S4. The minimum absolute atomic E-state index is 0. The number of thiocarbonyl (C=S) groups is 2. The van der Waals surface area contributed by atoms with Crippen LogP contribution in [0, 0.1) is 0 Å². The molecule has 1 radical (unpaired) electrons. The van der Waals surface area contributed by atoms with Crippen molar-refractivity contribution >= 4 is 58.3 Å². The molecule has 0 amide bonds. The van der Waals surface area contributed by atoms with E-state index in [-0.39, 0.29) is 16.8 Å². The van der Waals surface area contributed by atoms with E-state index >= 15 is 0 Å². The Morgan fingerprint density at radius 2 is 0.800 bits per heavy atom. The fourth-order valence-electron chi connectivity index (χ4n) is 1.98. The van der Waals surface area contributed by atoms with Crippen molar-refractivity contribution in [1.82, 2.24) is 9.80 Å². The Hall–Kier alpha value is 0.726. The molecule has 151 valence electrons. The molecule has 2 nitrogen and oxygen atoms in total. The summed E-state index contributed by atoms with van der Waals surface area (Å²) in [4.78, 5) is 4.27. The van der Waals surface area contributed by atoms with E-state index in [2.05, 4.69) is 37.5 Å². The van der Waals surface area contributed by atoms with E-state index in [1.54, 1.807) is 0 Å². The predicted octanol–water partition coefficient (Wildman–Crippen LogP) is 5.44. The first-order valence-electron chi connectivity index (χ1n) is 9.36. The van der Waals surface area contributed by atoms with E-state index in [1.807, 2.05) is 0 Å². The molecule has 0 aliphatic carbocycles. The van der Waals surface area contributed by atoms with Crippen LogP contribution in [-0.2, 0) is 42.0 Å². The van der Waals surface area contributed by atoms with Crippen molar-refractivity contribution in [1.29, 1.82) is 0 Å². The van der Waals surface area contributed by atoms with Gasteiger partial charge in [-0.15, -0.1) is 0 Å². The molecule has 25 heavy (non-hydrogen) atoms. The minimum Gasteiger partial charge on any atom is -0.411 e. The summed E-state index contributed by atoms with van der Waals surface area (Å²) in [5, 5.41) is 0. The molecule has 0 bridgehead atoms. The summed E-state index contributed by atoms with van der Waals surface area (Å²) in [5.41, 5.74) is 0. The van der Waals surface area contributed by atoms with Crippen molar-refractivity contribution in [2.45, 2.75) is 79.1 Å². The van der Waals surface area contributed by atoms with Gasteiger partial charge in [-0.25, -0.2) is 0 Å². The van der Waals surface area contributed by atoms with E-state index in [4.69, 9.17) is 49.7 Å². The Labute approximate surface area is 189 Å². The van der Waals surface area contributed by atoms with Crippen LogP contribution in [-0.4, -0.2) is 44.6 Å². The van der Waals surface area contributed by atoms with E-state index in [0.29, 0.717) is 8.64 Å². The summed E-state index contributed by atoms with van der Waals surface area (Å²) in [6.45, 7) is 12.9. The molecule has 0 N–H and O–H groups in total. The summed E-state index contributed by atoms with van der Waals surface area (Å²) >= 11 is 19.9. The molecule has 0 unspecified atom stereocenters. The average molecular weight is 468 g/mol. The van der Waals surface area contributed by atoms with Crippen LogP contribution in [0.4, 0.5) is 0 Å². The second kappa shape index (κ2) is 22.8. The summed E-state index contributed by atoms with van der Waals surface area (Å²) in [6.07, 6.45) is 9.62. The van der Waals surface area contributed by atoms with Gasteiger partial charge in [0.25, 0.3) is 0 Å². The zero-order chi connectivity index (χ0) is 18.8. The zero-order valence-electron chi connectivity index (χ0n) is 16.3. The first-order valence-corrected chi connectivity index (χ1v) is 11.0. The fourth-order valence-corrected chi connectivity index (χ4v) is 2.71. The van der Waals surface area contributed by atoms with Crippen LogP contribution in [0.1, 0.15) is 79.1 Å². The number of nitrogens with zero attached hydrogens (tertiary/aromatic N) is 2. The summed E-state index contributed by atoms with van der Waals surface area (Å²) in [5.74, 6) is 0. The molecule has 0 aromatic carbocycles. The largest absolute Gasteiger partial charge is 2.00 e. The van der Waals surface area contributed by atoms with Gasteiger partial charge in [-0.1, -0.05) is 62.0 Å². The van der Waals surface area contributed by atoms with Crippen molar-refractivity contribution in [2.75, 3.05) is 26.2 Å². The van der Waals surface area contributed by atoms with Crippen molar-refractivity contribution in [3.8, 4) is 0 Å². The Bertz CT molecular complexity index is 271. The SMILES string of the molecule is CCCCN(CCCC)C(=S)[S-].CCCCN(CCCC)C(=S)[S-].[Co+2]. The van der Waals surface area contributed by atoms with Gasteiger partial charge in [-0.2, -0.15) is 0 Å². The van der Waals surface area contributed by atoms with Crippen molar-refractivity contribution in [3.05, 3.63) is 0 Å². The van der Waals surface area contributed by atoms with Gasteiger partial charge in [-0.3, -0.25) is 0 Å². The first kappa shape index (κ1) is 30.5. The van der Waals surface area contributed by atoms with Gasteiger partial charge in [0.05, 0.1) is 0 Å². The van der Waals surface area contributed by atoms with Gasteiger partial charge < -0.3 is 59.5 Å². The maximum atomic E-state index is 4.98. The molecule has 0 heterocycles. The van der Waals surface area contributed by atoms with Gasteiger partial charge in [-0.05, 0) is 25.7 Å². The third kappa shape index (κ3) is 20.9. The summed E-state index contributed by atoms with van der Waals surface area (Å²) < 4.78 is 1.27. The van der Waals surface area contributed by atoms with E-state index in [1.165, 1.54) is 51.4 Å². The monoisotopic (exact) mass is 467 g/mol. The number of hydrogen-bond acceptors (Lipinski definition) is 4. The Morgan fingerprint density at radius 3 is 0.920 bits per heavy atom. The van der Waals surface area contributed by atoms with E-state index < -0.39 is 0 Å². The smallest absolute Gasteiger partial charge is 0.411 e. The third-order valence-electron chi connectivity index (χ3n) is 3.64. The Kier molecular flexibility index (Phi) is 27.7. The van der Waals surface area contributed by atoms with Gasteiger partial charge >= 0.3 is 16.8 Å². The average Bonchev–Trinajstić information content (AvgIpc) is 2.55. The number of hydrogen-bond donors (Lipinski definition) is 0. The van der Waals surface area contributed by atoms with Crippen LogP contribution >= 0.6 is 24.4 Å². The Balaban J connectivity index is -0.000000372. The molecule has 0 aliphatic heterocycles. The Morgan fingerprint density at radius 1 is 0.600 bits per heavy atom. The van der Waals surface area contributed by atoms with Crippen molar-refractivity contribution in [2.24, 2.45) is 0 Å². The van der Waals surface area contributed by atoms with Crippen LogP contribution in [0.2, 0.25) is 0 Å². The number of rotatable bonds is 12. The third-order valence-corrected chi connectivity index (χ3v) is 4.68. The maximum Gasteiger partial charge on any atom is 2.00 e. The van der Waals surface area contributed by atoms with E-state index in [9.17, 15) is 0 Å². The van der Waals surface area contributed by atoms with Gasteiger partial charge in [0, 0.05) is 26.2 Å². The molecule has 0 aromatic heterocycles. The first-order chi connectivity index (χ1) is 11.4. The molecule has 0 saturated heterocycles. The van der Waals surface area contributed by atoms with E-state index in [0.717, 1.165) is 26.2 Å². The normalized spacial score (nSPS) is 9.44. The molecule has 0 spiro atoms. The van der Waals surface area contributed by atoms with Crippen molar-refractivity contribution in [3.63, 3.8) is 0 Å². The number of unbranched alkanes of at least 4 members (excludes halogenated alkanes) is 4. The van der Waals surface area contributed by atoms with Crippen LogP contribution in [0.3, 0.4) is 0 Å². The quantitative estimate of drug-likeness (QED) is 0.277. The molecule has 0 atom stereocenters.